The van der Waals surface area contributed by atoms with Gasteiger partial charge < -0.3 is 5.32 Å². The summed E-state index contributed by atoms with van der Waals surface area (Å²) in [7, 11) is -3.94. The van der Waals surface area contributed by atoms with Crippen molar-refractivity contribution in [3.63, 3.8) is 0 Å². The van der Waals surface area contributed by atoms with Gasteiger partial charge in [-0.1, -0.05) is 0 Å². The number of sulfonamides is 1. The molecular weight excluding hydrogens is 330 g/mol. The van der Waals surface area contributed by atoms with Crippen molar-refractivity contribution >= 4 is 21.6 Å². The zero-order chi connectivity index (χ0) is 17.2. The van der Waals surface area contributed by atoms with Gasteiger partial charge in [0.25, 0.3) is 0 Å². The highest BCUT2D eigenvalue weighted by atomic mass is 32.2. The third-order valence-electron chi connectivity index (χ3n) is 2.96. The van der Waals surface area contributed by atoms with Crippen LogP contribution in [-0.4, -0.2) is 31.1 Å². The Labute approximate surface area is 131 Å². The second kappa shape index (κ2) is 6.42. The first kappa shape index (κ1) is 17.0. The van der Waals surface area contributed by atoms with Crippen LogP contribution in [0, 0.1) is 25.5 Å². The van der Waals surface area contributed by atoms with E-state index in [1.807, 2.05) is 0 Å². The number of hydrogen-bond acceptors (Lipinski definition) is 4. The number of aromatic nitrogens is 2. The van der Waals surface area contributed by atoms with E-state index >= 15 is 0 Å². The largest absolute Gasteiger partial charge is 0.322 e. The molecule has 2 rings (SSSR count). The van der Waals surface area contributed by atoms with Crippen molar-refractivity contribution in [1.82, 2.24) is 14.9 Å². The fraction of sp³-hybridized carbons (Fsp3) is 0.231. The topological polar surface area (TPSA) is 104 Å². The molecule has 0 atom stereocenters. The number of benzene rings is 1. The van der Waals surface area contributed by atoms with Gasteiger partial charge in [0.15, 0.2) is 0 Å². The van der Waals surface area contributed by atoms with Gasteiger partial charge in [-0.15, -0.1) is 0 Å². The monoisotopic (exact) mass is 344 g/mol. The lowest BCUT2D eigenvalue weighted by molar-refractivity contribution is -0.115. The summed E-state index contributed by atoms with van der Waals surface area (Å²) in [5, 5.41) is 8.45. The van der Waals surface area contributed by atoms with E-state index in [1.165, 1.54) is 13.8 Å². The summed E-state index contributed by atoms with van der Waals surface area (Å²) in [6.45, 7) is 2.43. The molecule has 10 heteroatoms. The van der Waals surface area contributed by atoms with E-state index in [-0.39, 0.29) is 16.3 Å². The predicted octanol–water partition coefficient (Wildman–Crippen LogP) is 1.22. The number of H-pyrrole nitrogens is 1. The minimum absolute atomic E-state index is 0.0433. The molecule has 0 saturated heterocycles. The van der Waals surface area contributed by atoms with Gasteiger partial charge in [-0.05, 0) is 26.0 Å². The van der Waals surface area contributed by atoms with Crippen LogP contribution < -0.4 is 10.0 Å². The number of aromatic amines is 1. The molecule has 1 heterocycles. The average Bonchev–Trinajstić information content (AvgIpc) is 2.80. The zero-order valence-corrected chi connectivity index (χ0v) is 13.1. The van der Waals surface area contributed by atoms with Gasteiger partial charge in [-0.2, -0.15) is 5.10 Å². The summed E-state index contributed by atoms with van der Waals surface area (Å²) < 4.78 is 52.5. The van der Waals surface area contributed by atoms with Gasteiger partial charge in [0.05, 0.1) is 23.6 Å². The van der Waals surface area contributed by atoms with Crippen molar-refractivity contribution in [2.75, 3.05) is 11.9 Å². The maximum atomic E-state index is 13.4. The number of aryl methyl sites for hydroxylation is 2. The van der Waals surface area contributed by atoms with Crippen molar-refractivity contribution in [2.24, 2.45) is 0 Å². The maximum Gasteiger partial charge on any atom is 0.244 e. The molecular formula is C13H14F2N4O3S. The number of nitrogens with one attached hydrogen (secondary N) is 3. The molecule has 0 unspecified atom stereocenters. The molecule has 1 aromatic carbocycles. The minimum Gasteiger partial charge on any atom is -0.322 e. The van der Waals surface area contributed by atoms with E-state index in [1.54, 1.807) is 0 Å². The van der Waals surface area contributed by atoms with Gasteiger partial charge in [-0.3, -0.25) is 9.89 Å². The number of halogens is 2. The van der Waals surface area contributed by atoms with Crippen molar-refractivity contribution in [2.45, 2.75) is 18.7 Å². The van der Waals surface area contributed by atoms with Crippen molar-refractivity contribution in [3.8, 4) is 0 Å². The molecule has 2 aromatic rings. The number of carbonyl (C=O) groups excluding carboxylic acids is 1. The summed E-state index contributed by atoms with van der Waals surface area (Å²) in [4.78, 5) is 11.7. The van der Waals surface area contributed by atoms with Crippen LogP contribution >= 0.6 is 0 Å². The summed E-state index contributed by atoms with van der Waals surface area (Å²) in [6.07, 6.45) is 0. The molecule has 3 N–H and O–H groups in total. The lowest BCUT2D eigenvalue weighted by Crippen LogP contribution is -2.33. The molecule has 0 aliphatic heterocycles. The third kappa shape index (κ3) is 3.90. The lowest BCUT2D eigenvalue weighted by Gasteiger charge is -2.08. The fourth-order valence-electron chi connectivity index (χ4n) is 1.95. The molecule has 0 bridgehead atoms. The predicted molar refractivity (Wildman–Crippen MR) is 78.2 cm³/mol. The van der Waals surface area contributed by atoms with Crippen LogP contribution in [0.1, 0.15) is 11.4 Å². The molecule has 1 amide bonds. The van der Waals surface area contributed by atoms with Crippen LogP contribution in [-0.2, 0) is 14.8 Å². The van der Waals surface area contributed by atoms with Crippen LogP contribution in [0.4, 0.5) is 14.5 Å². The Morgan fingerprint density at radius 1 is 1.30 bits per heavy atom. The molecule has 0 saturated carbocycles. The molecule has 0 spiro atoms. The third-order valence-corrected chi connectivity index (χ3v) is 4.62. The second-order valence-corrected chi connectivity index (χ2v) is 6.46. The summed E-state index contributed by atoms with van der Waals surface area (Å²) >= 11 is 0. The van der Waals surface area contributed by atoms with Gasteiger partial charge in [-0.25, -0.2) is 21.9 Å². The first-order valence-corrected chi connectivity index (χ1v) is 7.95. The number of anilines is 1. The van der Waals surface area contributed by atoms with E-state index in [2.05, 4.69) is 20.2 Å². The van der Waals surface area contributed by atoms with Crippen molar-refractivity contribution < 1.29 is 22.0 Å². The zero-order valence-electron chi connectivity index (χ0n) is 12.3. The summed E-state index contributed by atoms with van der Waals surface area (Å²) in [5.74, 6) is -2.53. The first-order chi connectivity index (χ1) is 10.7. The first-order valence-electron chi connectivity index (χ1n) is 6.47. The molecule has 124 valence electrons. The van der Waals surface area contributed by atoms with E-state index in [4.69, 9.17) is 0 Å². The minimum atomic E-state index is -3.94. The molecule has 7 nitrogen and oxygen atoms in total. The van der Waals surface area contributed by atoms with Gasteiger partial charge in [0, 0.05) is 6.07 Å². The Morgan fingerprint density at radius 3 is 2.57 bits per heavy atom. The SMILES string of the molecule is Cc1n[nH]c(C)c1S(=O)(=O)NCC(=O)Nc1ccc(F)cc1F. The average molecular weight is 344 g/mol. The summed E-state index contributed by atoms with van der Waals surface area (Å²) in [5.41, 5.74) is 0.353. The Balaban J connectivity index is 2.04. The van der Waals surface area contributed by atoms with Crippen LogP contribution in [0.2, 0.25) is 0 Å². The molecule has 0 aliphatic carbocycles. The number of rotatable bonds is 5. The maximum absolute atomic E-state index is 13.4. The Bertz CT molecular complexity index is 829. The fourth-order valence-corrected chi connectivity index (χ4v) is 3.30. The van der Waals surface area contributed by atoms with Gasteiger partial charge in [0.2, 0.25) is 15.9 Å². The highest BCUT2D eigenvalue weighted by molar-refractivity contribution is 7.89. The second-order valence-electron chi connectivity index (χ2n) is 4.76. The Kier molecular flexibility index (Phi) is 4.76. The molecule has 0 aliphatic rings. The number of amides is 1. The van der Waals surface area contributed by atoms with Crippen LogP contribution in [0.25, 0.3) is 0 Å². The standard InChI is InChI=1S/C13H14F2N4O3S/c1-7-13(8(2)19-18-7)23(21,22)16-6-12(20)17-11-4-3-9(14)5-10(11)15/h3-5,16H,6H2,1-2H3,(H,17,20)(H,18,19). The Morgan fingerprint density at radius 2 is 2.00 bits per heavy atom. The van der Waals surface area contributed by atoms with Gasteiger partial charge in [0.1, 0.15) is 16.5 Å². The highest BCUT2D eigenvalue weighted by Crippen LogP contribution is 2.17. The van der Waals surface area contributed by atoms with E-state index in [0.29, 0.717) is 11.8 Å². The van der Waals surface area contributed by atoms with E-state index in [9.17, 15) is 22.0 Å². The van der Waals surface area contributed by atoms with Crippen LogP contribution in [0.3, 0.4) is 0 Å². The summed E-state index contributed by atoms with van der Waals surface area (Å²) in [6, 6.07) is 2.63. The molecule has 0 radical (unpaired) electrons. The number of hydrogen-bond donors (Lipinski definition) is 3. The van der Waals surface area contributed by atoms with Crippen molar-refractivity contribution in [1.29, 1.82) is 0 Å². The van der Waals surface area contributed by atoms with Crippen molar-refractivity contribution in [3.05, 3.63) is 41.2 Å². The molecule has 0 fully saturated rings. The number of carbonyl (C=O) groups is 1. The highest BCUT2D eigenvalue weighted by Gasteiger charge is 2.23. The Hall–Kier alpha value is -2.33. The van der Waals surface area contributed by atoms with E-state index in [0.717, 1.165) is 12.1 Å². The quantitative estimate of drug-likeness (QED) is 0.759. The van der Waals surface area contributed by atoms with E-state index < -0.39 is 34.1 Å². The van der Waals surface area contributed by atoms with Crippen LogP contribution in [0.5, 0.6) is 0 Å². The van der Waals surface area contributed by atoms with Crippen LogP contribution in [0.15, 0.2) is 23.1 Å². The molecule has 23 heavy (non-hydrogen) atoms. The smallest absolute Gasteiger partial charge is 0.244 e. The normalized spacial score (nSPS) is 11.5. The van der Waals surface area contributed by atoms with Gasteiger partial charge >= 0.3 is 0 Å². The lowest BCUT2D eigenvalue weighted by atomic mass is 10.3. The number of nitrogens with zero attached hydrogens (tertiary/aromatic N) is 1. The molecule has 1 aromatic heterocycles.